The van der Waals surface area contributed by atoms with E-state index in [2.05, 4.69) is 36.3 Å². The van der Waals surface area contributed by atoms with Crippen molar-refractivity contribution in [2.75, 3.05) is 23.3 Å². The first kappa shape index (κ1) is 14.6. The van der Waals surface area contributed by atoms with Crippen molar-refractivity contribution in [2.24, 2.45) is 0 Å². The summed E-state index contributed by atoms with van der Waals surface area (Å²) in [6.45, 7) is 3.96. The normalized spacial score (nSPS) is 20.4. The number of nitrogens with one attached hydrogen (secondary N) is 1. The van der Waals surface area contributed by atoms with Crippen LogP contribution in [0, 0.1) is 6.92 Å². The Hall–Kier alpha value is -2.70. The van der Waals surface area contributed by atoms with Crippen molar-refractivity contribution in [3.05, 3.63) is 42.1 Å². The van der Waals surface area contributed by atoms with E-state index in [1.807, 2.05) is 29.8 Å². The lowest BCUT2D eigenvalue weighted by molar-refractivity contribution is 0.788. The van der Waals surface area contributed by atoms with Gasteiger partial charge in [-0.25, -0.2) is 15.0 Å². The number of aryl methyl sites for hydroxylation is 1. The highest BCUT2D eigenvalue weighted by Gasteiger charge is 2.28. The first-order chi connectivity index (χ1) is 12.3. The van der Waals surface area contributed by atoms with Crippen molar-refractivity contribution in [3.8, 4) is 0 Å². The maximum Gasteiger partial charge on any atom is 0.157 e. The van der Waals surface area contributed by atoms with Gasteiger partial charge in [-0.3, -0.25) is 0 Å². The molecule has 5 rings (SSSR count). The summed E-state index contributed by atoms with van der Waals surface area (Å²) in [6.07, 6.45) is 7.20. The van der Waals surface area contributed by atoms with Crippen LogP contribution >= 0.6 is 0 Å². The van der Waals surface area contributed by atoms with Crippen molar-refractivity contribution >= 4 is 17.3 Å². The van der Waals surface area contributed by atoms with E-state index in [4.69, 9.17) is 0 Å². The highest BCUT2D eigenvalue weighted by Crippen LogP contribution is 2.38. The minimum Gasteiger partial charge on any atom is -0.365 e. The monoisotopic (exact) mass is 335 g/mol. The van der Waals surface area contributed by atoms with Crippen LogP contribution in [0.2, 0.25) is 0 Å². The van der Waals surface area contributed by atoms with Gasteiger partial charge in [-0.1, -0.05) is 0 Å². The zero-order valence-corrected chi connectivity index (χ0v) is 14.3. The number of hydrogen-bond acceptors (Lipinski definition) is 6. The molecule has 2 aliphatic rings. The molecule has 7 heteroatoms. The molecule has 1 aliphatic heterocycles. The van der Waals surface area contributed by atoms with Crippen LogP contribution in [0.1, 0.15) is 36.7 Å². The number of hydrogen-bond donors (Lipinski definition) is 1. The Morgan fingerprint density at radius 3 is 2.92 bits per heavy atom. The molecule has 1 N–H and O–H groups in total. The minimum atomic E-state index is 0.376. The molecule has 0 amide bonds. The fourth-order valence-corrected chi connectivity index (χ4v) is 3.53. The van der Waals surface area contributed by atoms with Gasteiger partial charge >= 0.3 is 0 Å². The smallest absolute Gasteiger partial charge is 0.157 e. The molecule has 0 radical (unpaired) electrons. The first-order valence-corrected chi connectivity index (χ1v) is 8.92. The van der Waals surface area contributed by atoms with E-state index < -0.39 is 0 Å². The highest BCUT2D eigenvalue weighted by molar-refractivity contribution is 5.52. The fraction of sp³-hybridized carbons (Fsp3) is 0.444. The second kappa shape index (κ2) is 5.68. The average molecular weight is 335 g/mol. The van der Waals surface area contributed by atoms with Gasteiger partial charge in [0, 0.05) is 49.1 Å². The molecule has 3 aromatic heterocycles. The van der Waals surface area contributed by atoms with E-state index in [1.54, 1.807) is 6.20 Å². The van der Waals surface area contributed by atoms with E-state index in [-0.39, 0.29) is 0 Å². The highest BCUT2D eigenvalue weighted by atomic mass is 15.4. The number of anilines is 2. The molecule has 25 heavy (non-hydrogen) atoms. The summed E-state index contributed by atoms with van der Waals surface area (Å²) in [6, 6.07) is 6.40. The van der Waals surface area contributed by atoms with Crippen LogP contribution in [0.3, 0.4) is 0 Å². The van der Waals surface area contributed by atoms with Gasteiger partial charge in [-0.15, -0.1) is 0 Å². The Labute approximate surface area is 146 Å². The Balaban J connectivity index is 1.34. The molecule has 2 fully saturated rings. The van der Waals surface area contributed by atoms with Crippen molar-refractivity contribution in [1.29, 1.82) is 0 Å². The van der Waals surface area contributed by atoms with E-state index >= 15 is 0 Å². The first-order valence-electron chi connectivity index (χ1n) is 8.92. The van der Waals surface area contributed by atoms with Crippen LogP contribution < -0.4 is 10.2 Å². The maximum atomic E-state index is 4.68. The van der Waals surface area contributed by atoms with E-state index in [0.29, 0.717) is 12.0 Å². The summed E-state index contributed by atoms with van der Waals surface area (Å²) in [5.41, 5.74) is 1.92. The van der Waals surface area contributed by atoms with E-state index in [0.717, 1.165) is 48.3 Å². The van der Waals surface area contributed by atoms with Gasteiger partial charge in [0.25, 0.3) is 0 Å². The molecule has 1 saturated heterocycles. The molecule has 7 nitrogen and oxygen atoms in total. The third-order valence-corrected chi connectivity index (χ3v) is 4.95. The Morgan fingerprint density at radius 2 is 2.04 bits per heavy atom. The van der Waals surface area contributed by atoms with Crippen LogP contribution in [-0.2, 0) is 0 Å². The van der Waals surface area contributed by atoms with Gasteiger partial charge in [0.2, 0.25) is 0 Å². The van der Waals surface area contributed by atoms with Gasteiger partial charge in [-0.2, -0.15) is 9.61 Å². The molecule has 1 unspecified atom stereocenters. The number of nitrogens with zero attached hydrogens (tertiary/aromatic N) is 6. The fourth-order valence-electron chi connectivity index (χ4n) is 3.53. The van der Waals surface area contributed by atoms with Gasteiger partial charge in [0.15, 0.2) is 5.65 Å². The third-order valence-electron chi connectivity index (χ3n) is 4.95. The average Bonchev–Trinajstić information content (AvgIpc) is 3.19. The lowest BCUT2D eigenvalue weighted by atomic mass is 10.2. The summed E-state index contributed by atoms with van der Waals surface area (Å²) in [4.78, 5) is 16.0. The topological polar surface area (TPSA) is 71.2 Å². The van der Waals surface area contributed by atoms with E-state index in [1.165, 1.54) is 12.8 Å². The van der Waals surface area contributed by atoms with Crippen LogP contribution in [0.4, 0.5) is 11.6 Å². The van der Waals surface area contributed by atoms with E-state index in [9.17, 15) is 0 Å². The van der Waals surface area contributed by atoms with Gasteiger partial charge in [-0.05, 0) is 32.3 Å². The molecule has 0 aromatic carbocycles. The standard InChI is InChI=1S/C18H21N7/c1-12-10-17(25-16(21-12)5-8-20-25)24-9-6-14(11-24)22-15-4-7-19-18(23-15)13-2-3-13/h4-5,7-8,10,13-14H,2-3,6,9,11H2,1H3,(H,19,22,23). The molecule has 0 bridgehead atoms. The van der Waals surface area contributed by atoms with Crippen molar-refractivity contribution in [3.63, 3.8) is 0 Å². The molecular formula is C18H21N7. The maximum absolute atomic E-state index is 4.68. The number of rotatable bonds is 4. The summed E-state index contributed by atoms with van der Waals surface area (Å²) >= 11 is 0. The predicted molar refractivity (Wildman–Crippen MR) is 96.0 cm³/mol. The largest absolute Gasteiger partial charge is 0.365 e. The van der Waals surface area contributed by atoms with Gasteiger partial charge in [0.1, 0.15) is 17.5 Å². The zero-order valence-electron chi connectivity index (χ0n) is 14.3. The van der Waals surface area contributed by atoms with Crippen molar-refractivity contribution in [1.82, 2.24) is 24.6 Å². The lowest BCUT2D eigenvalue weighted by Crippen LogP contribution is -2.28. The van der Waals surface area contributed by atoms with Crippen LogP contribution in [0.25, 0.3) is 5.65 Å². The summed E-state index contributed by atoms with van der Waals surface area (Å²) < 4.78 is 1.92. The van der Waals surface area contributed by atoms with Crippen LogP contribution in [-0.4, -0.2) is 43.7 Å². The van der Waals surface area contributed by atoms with Gasteiger partial charge in [0.05, 0.1) is 6.20 Å². The lowest BCUT2D eigenvalue weighted by Gasteiger charge is -2.20. The zero-order chi connectivity index (χ0) is 16.8. The SMILES string of the molecule is Cc1cc(N2CCC(Nc3ccnc(C4CC4)n3)C2)n2nccc2n1. The minimum absolute atomic E-state index is 0.376. The summed E-state index contributed by atoms with van der Waals surface area (Å²) in [7, 11) is 0. The molecule has 4 heterocycles. The van der Waals surface area contributed by atoms with Gasteiger partial charge < -0.3 is 10.2 Å². The molecule has 1 atom stereocenters. The molecule has 1 aliphatic carbocycles. The van der Waals surface area contributed by atoms with Crippen molar-refractivity contribution in [2.45, 2.75) is 38.1 Å². The Morgan fingerprint density at radius 1 is 1.12 bits per heavy atom. The van der Waals surface area contributed by atoms with Crippen LogP contribution in [0.5, 0.6) is 0 Å². The van der Waals surface area contributed by atoms with Crippen LogP contribution in [0.15, 0.2) is 30.6 Å². The predicted octanol–water partition coefficient (Wildman–Crippen LogP) is 2.40. The quantitative estimate of drug-likeness (QED) is 0.789. The second-order valence-corrected chi connectivity index (χ2v) is 7.01. The second-order valence-electron chi connectivity index (χ2n) is 7.01. The Kier molecular flexibility index (Phi) is 3.33. The number of aromatic nitrogens is 5. The Bertz CT molecular complexity index is 915. The summed E-state index contributed by atoms with van der Waals surface area (Å²) in [5.74, 6) is 3.62. The van der Waals surface area contributed by atoms with Crippen molar-refractivity contribution < 1.29 is 0 Å². The third kappa shape index (κ3) is 2.79. The summed E-state index contributed by atoms with van der Waals surface area (Å²) in [5, 5.41) is 8.00. The molecule has 128 valence electrons. The molecule has 3 aromatic rings. The molecule has 0 spiro atoms. The molecule has 1 saturated carbocycles. The molecular weight excluding hydrogens is 314 g/mol. The number of fused-ring (bicyclic) bond motifs is 1.